The molecule has 25 heavy (non-hydrogen) atoms. The molecule has 0 bridgehead atoms. The zero-order valence-corrected chi connectivity index (χ0v) is 16.3. The number of nitrogens with zero attached hydrogens (tertiary/aromatic N) is 1. The number of thiazole rings is 1. The average Bonchev–Trinajstić information content (AvgIpc) is 2.91. The van der Waals surface area contributed by atoms with E-state index in [0.717, 1.165) is 22.8 Å². The second kappa shape index (κ2) is 9.14. The summed E-state index contributed by atoms with van der Waals surface area (Å²) in [7, 11) is -3.13. The first kappa shape index (κ1) is 21.4. The number of carbonyl (C=O) groups is 1. The Hall–Kier alpha value is -1.68. The van der Waals surface area contributed by atoms with Gasteiger partial charge in [-0.05, 0) is 37.6 Å². The van der Waals surface area contributed by atoms with Crippen LogP contribution in [0.1, 0.15) is 12.1 Å². The molecule has 0 spiro atoms. The molecular formula is C15H21ClN4O3S2. The first-order valence-electron chi connectivity index (χ1n) is 7.26. The summed E-state index contributed by atoms with van der Waals surface area (Å²) in [6.45, 7) is 1.92. The number of aromatic nitrogens is 1. The number of sulfone groups is 1. The highest BCUT2D eigenvalue weighted by molar-refractivity contribution is 7.90. The van der Waals surface area contributed by atoms with Crippen LogP contribution in [0.3, 0.4) is 0 Å². The van der Waals surface area contributed by atoms with Gasteiger partial charge in [0.15, 0.2) is 5.13 Å². The van der Waals surface area contributed by atoms with E-state index >= 15 is 0 Å². The molecule has 0 aliphatic heterocycles. The molecular weight excluding hydrogens is 384 g/mol. The number of benzene rings is 1. The van der Waals surface area contributed by atoms with E-state index < -0.39 is 21.8 Å². The number of amides is 1. The van der Waals surface area contributed by atoms with E-state index in [-0.39, 0.29) is 24.6 Å². The molecule has 1 aromatic carbocycles. The van der Waals surface area contributed by atoms with E-state index in [2.05, 4.69) is 15.6 Å². The molecule has 1 heterocycles. The number of aryl methyl sites for hydroxylation is 1. The van der Waals surface area contributed by atoms with E-state index in [1.807, 2.05) is 24.4 Å². The van der Waals surface area contributed by atoms with Crippen LogP contribution in [0.25, 0.3) is 0 Å². The molecule has 0 aliphatic rings. The summed E-state index contributed by atoms with van der Waals surface area (Å²) in [5.74, 6) is -0.521. The van der Waals surface area contributed by atoms with Crippen molar-refractivity contribution in [3.05, 3.63) is 35.3 Å². The van der Waals surface area contributed by atoms with Gasteiger partial charge >= 0.3 is 0 Å². The number of anilines is 3. The fourth-order valence-corrected chi connectivity index (χ4v) is 3.27. The van der Waals surface area contributed by atoms with Crippen LogP contribution in [-0.4, -0.2) is 37.4 Å². The zero-order valence-electron chi connectivity index (χ0n) is 13.9. The lowest BCUT2D eigenvalue weighted by atomic mass is 10.2. The van der Waals surface area contributed by atoms with Crippen LogP contribution >= 0.6 is 23.7 Å². The normalized spacial score (nSPS) is 12.1. The number of rotatable bonds is 7. The molecule has 4 N–H and O–H groups in total. The van der Waals surface area contributed by atoms with Crippen molar-refractivity contribution in [1.29, 1.82) is 0 Å². The highest BCUT2D eigenvalue weighted by atomic mass is 35.5. The summed E-state index contributed by atoms with van der Waals surface area (Å²) in [5.41, 5.74) is 8.11. The maximum Gasteiger partial charge on any atom is 0.241 e. The maximum atomic E-state index is 12.0. The third-order valence-corrected chi connectivity index (χ3v) is 5.01. The van der Waals surface area contributed by atoms with Crippen molar-refractivity contribution >= 4 is 56.0 Å². The van der Waals surface area contributed by atoms with Crippen molar-refractivity contribution in [2.45, 2.75) is 19.4 Å². The fraction of sp³-hybridized carbons (Fsp3) is 0.333. The van der Waals surface area contributed by atoms with Crippen LogP contribution < -0.4 is 16.4 Å². The molecule has 2 aromatic rings. The maximum absolute atomic E-state index is 12.0. The number of hydrogen-bond acceptors (Lipinski definition) is 7. The lowest BCUT2D eigenvalue weighted by Gasteiger charge is -2.12. The van der Waals surface area contributed by atoms with Crippen molar-refractivity contribution in [2.75, 3.05) is 22.6 Å². The van der Waals surface area contributed by atoms with Gasteiger partial charge in [-0.15, -0.1) is 23.7 Å². The summed E-state index contributed by atoms with van der Waals surface area (Å²) < 4.78 is 22.2. The first-order chi connectivity index (χ1) is 11.2. The summed E-state index contributed by atoms with van der Waals surface area (Å²) >= 11 is 1.51. The molecule has 0 saturated carbocycles. The minimum Gasteiger partial charge on any atom is -0.332 e. The van der Waals surface area contributed by atoms with Crippen LogP contribution in [0.15, 0.2) is 29.6 Å². The van der Waals surface area contributed by atoms with Gasteiger partial charge in [0.2, 0.25) is 5.91 Å². The van der Waals surface area contributed by atoms with E-state index in [4.69, 9.17) is 5.73 Å². The van der Waals surface area contributed by atoms with E-state index in [9.17, 15) is 13.2 Å². The third-order valence-electron chi connectivity index (χ3n) is 3.16. The monoisotopic (exact) mass is 404 g/mol. The molecule has 1 amide bonds. The summed E-state index contributed by atoms with van der Waals surface area (Å²) in [6, 6.07) is 6.24. The predicted octanol–water partition coefficient (Wildman–Crippen LogP) is 2.32. The van der Waals surface area contributed by atoms with Gasteiger partial charge in [-0.1, -0.05) is 0 Å². The highest BCUT2D eigenvalue weighted by Crippen LogP contribution is 2.22. The van der Waals surface area contributed by atoms with Crippen molar-refractivity contribution < 1.29 is 13.2 Å². The van der Waals surface area contributed by atoms with E-state index in [1.165, 1.54) is 11.3 Å². The van der Waals surface area contributed by atoms with Gasteiger partial charge < -0.3 is 16.4 Å². The Morgan fingerprint density at radius 2 is 1.88 bits per heavy atom. The quantitative estimate of drug-likeness (QED) is 0.652. The lowest BCUT2D eigenvalue weighted by Crippen LogP contribution is -2.37. The molecule has 0 aliphatic carbocycles. The summed E-state index contributed by atoms with van der Waals surface area (Å²) in [4.78, 5) is 16.3. The summed E-state index contributed by atoms with van der Waals surface area (Å²) in [6.07, 6.45) is 1.21. The Morgan fingerprint density at radius 1 is 1.28 bits per heavy atom. The molecule has 0 saturated heterocycles. The molecule has 1 aromatic heterocycles. The number of halogens is 1. The topological polar surface area (TPSA) is 114 Å². The minimum atomic E-state index is -3.13. The van der Waals surface area contributed by atoms with Gasteiger partial charge in [0.1, 0.15) is 9.84 Å². The van der Waals surface area contributed by atoms with Crippen molar-refractivity contribution in [3.8, 4) is 0 Å². The van der Waals surface area contributed by atoms with Gasteiger partial charge in [0.05, 0.1) is 17.5 Å². The Labute approximate surface area is 157 Å². The summed E-state index contributed by atoms with van der Waals surface area (Å²) in [5, 5.41) is 8.59. The molecule has 10 heteroatoms. The minimum absolute atomic E-state index is 0. The fourth-order valence-electron chi connectivity index (χ4n) is 1.88. The van der Waals surface area contributed by atoms with Crippen molar-refractivity contribution in [3.63, 3.8) is 0 Å². The van der Waals surface area contributed by atoms with Gasteiger partial charge in [-0.25, -0.2) is 13.4 Å². The van der Waals surface area contributed by atoms with E-state index in [0.29, 0.717) is 5.69 Å². The molecule has 0 radical (unpaired) electrons. The zero-order chi connectivity index (χ0) is 17.7. The largest absolute Gasteiger partial charge is 0.332 e. The third kappa shape index (κ3) is 7.39. The van der Waals surface area contributed by atoms with E-state index in [1.54, 1.807) is 12.1 Å². The number of carbonyl (C=O) groups excluding carboxylic acids is 1. The van der Waals surface area contributed by atoms with Crippen molar-refractivity contribution in [2.24, 2.45) is 5.73 Å². The molecule has 138 valence electrons. The number of nitrogens with one attached hydrogen (secondary N) is 2. The second-order valence-corrected chi connectivity index (χ2v) is 8.63. The molecule has 1 unspecified atom stereocenters. The Kier molecular flexibility index (Phi) is 7.81. The van der Waals surface area contributed by atoms with Crippen LogP contribution in [0, 0.1) is 6.92 Å². The van der Waals surface area contributed by atoms with Crippen LogP contribution in [0.2, 0.25) is 0 Å². The van der Waals surface area contributed by atoms with Crippen LogP contribution in [0.5, 0.6) is 0 Å². The van der Waals surface area contributed by atoms with Gasteiger partial charge in [-0.2, -0.15) is 0 Å². The molecule has 0 fully saturated rings. The Balaban J connectivity index is 0.00000312. The number of nitrogens with two attached hydrogens (primary N) is 1. The Bertz CT molecular complexity index is 806. The smallest absolute Gasteiger partial charge is 0.241 e. The van der Waals surface area contributed by atoms with Crippen molar-refractivity contribution in [1.82, 2.24) is 4.98 Å². The average molecular weight is 405 g/mol. The lowest BCUT2D eigenvalue weighted by molar-refractivity contribution is -0.117. The Morgan fingerprint density at radius 3 is 2.40 bits per heavy atom. The predicted molar refractivity (Wildman–Crippen MR) is 105 cm³/mol. The highest BCUT2D eigenvalue weighted by Gasteiger charge is 2.16. The van der Waals surface area contributed by atoms with Gasteiger partial charge in [0, 0.05) is 23.0 Å². The van der Waals surface area contributed by atoms with Crippen LogP contribution in [0.4, 0.5) is 16.5 Å². The number of hydrogen-bond donors (Lipinski definition) is 3. The van der Waals surface area contributed by atoms with Gasteiger partial charge in [0.25, 0.3) is 0 Å². The van der Waals surface area contributed by atoms with Crippen LogP contribution in [-0.2, 0) is 14.6 Å². The molecule has 1 atom stereocenters. The SMILES string of the molecule is Cc1csc(Nc2ccc(NC(=O)C(N)CCS(C)(=O)=O)cc2)n1.Cl. The molecule has 2 rings (SSSR count). The first-order valence-corrected chi connectivity index (χ1v) is 10.2. The van der Waals surface area contributed by atoms with Gasteiger partial charge in [-0.3, -0.25) is 4.79 Å². The molecule has 7 nitrogen and oxygen atoms in total. The second-order valence-electron chi connectivity index (χ2n) is 5.51. The standard InChI is InChI=1S/C15H20N4O3S2.ClH/c1-10-9-23-15(17-10)19-12-5-3-11(4-6-12)18-14(20)13(16)7-8-24(2,21)22;/h3-6,9,13H,7-8,16H2,1-2H3,(H,17,19)(H,18,20);1H.